The van der Waals surface area contributed by atoms with Gasteiger partial charge in [-0.1, -0.05) is 0 Å². The van der Waals surface area contributed by atoms with Crippen LogP contribution in [0.15, 0.2) is 0 Å². The molecule has 0 amide bonds. The average molecular weight is 94.0 g/mol. The summed E-state index contributed by atoms with van der Waals surface area (Å²) in [5.41, 5.74) is 0. The second kappa shape index (κ2) is 2.00. The van der Waals surface area contributed by atoms with Crippen LogP contribution in [0.4, 0.5) is 0 Å². The van der Waals surface area contributed by atoms with Gasteiger partial charge in [-0.15, -0.1) is 15.7 Å². The predicted molar refractivity (Wildman–Crippen MR) is 28.5 cm³/mol. The minimum absolute atomic E-state index is 0.0741. The maximum absolute atomic E-state index is 3.41. The van der Waals surface area contributed by atoms with Crippen molar-refractivity contribution in [1.29, 1.82) is 0 Å². The van der Waals surface area contributed by atoms with E-state index in [1.807, 2.05) is 0 Å². The second-order valence-electron chi connectivity index (χ2n) is 1.00. The smallest absolute Gasteiger partial charge is 0.0439 e. The maximum Gasteiger partial charge on any atom is -0.0439 e. The fourth-order valence-corrected chi connectivity index (χ4v) is 0. The molecule has 0 nitrogen and oxygen atoms in total. The van der Waals surface area contributed by atoms with Crippen molar-refractivity contribution in [2.45, 2.75) is 0 Å². The molecule has 0 aliphatic heterocycles. The van der Waals surface area contributed by atoms with E-state index in [9.17, 15) is 0 Å². The Balaban J connectivity index is 2.80. The lowest BCUT2D eigenvalue weighted by atomic mass is 11.9. The van der Waals surface area contributed by atoms with Gasteiger partial charge in [0.25, 0.3) is 0 Å². The van der Waals surface area contributed by atoms with Crippen molar-refractivity contribution in [1.82, 2.24) is 0 Å². The van der Waals surface area contributed by atoms with E-state index in [-0.39, 0.29) is 7.21 Å². The summed E-state index contributed by atoms with van der Waals surface area (Å²) in [5.74, 6) is 0. The molecule has 0 radical (unpaired) electrons. The van der Waals surface area contributed by atoms with Crippen LogP contribution in [-0.2, 0) is 0 Å². The normalized spacial score (nSPS) is 8.75. The summed E-state index contributed by atoms with van der Waals surface area (Å²) in [4.78, 5) is 0. The lowest BCUT2D eigenvalue weighted by Gasteiger charge is -1.66. The fourth-order valence-electron chi connectivity index (χ4n) is 0. The van der Waals surface area contributed by atoms with Gasteiger partial charge in [0.15, 0.2) is 0 Å². The molecule has 0 aromatic heterocycles. The molecule has 0 atom stereocenters. The molecular weight excluding hydrogens is 86.0 g/mol. The van der Waals surface area contributed by atoms with Gasteiger partial charge in [-0.3, -0.25) is 0 Å². The van der Waals surface area contributed by atoms with Crippen LogP contribution in [0, 0.1) is 0 Å². The SMILES string of the molecule is C[PH](C)=P. The van der Waals surface area contributed by atoms with Crippen molar-refractivity contribution in [3.8, 4) is 0 Å². The van der Waals surface area contributed by atoms with E-state index in [1.165, 1.54) is 0 Å². The van der Waals surface area contributed by atoms with Crippen molar-refractivity contribution in [2.75, 3.05) is 13.3 Å². The van der Waals surface area contributed by atoms with Crippen LogP contribution in [0.5, 0.6) is 0 Å². The molecular formula is C2H8P2. The lowest BCUT2D eigenvalue weighted by Crippen LogP contribution is -1.26. The molecule has 0 rings (SSSR count). The van der Waals surface area contributed by atoms with Crippen LogP contribution in [-0.4, -0.2) is 13.3 Å². The van der Waals surface area contributed by atoms with Crippen LogP contribution in [0.3, 0.4) is 0 Å². The van der Waals surface area contributed by atoms with E-state index >= 15 is 0 Å². The molecule has 0 bridgehead atoms. The van der Waals surface area contributed by atoms with Gasteiger partial charge in [0.1, 0.15) is 0 Å². The Morgan fingerprint density at radius 1 is 1.50 bits per heavy atom. The minimum Gasteiger partial charge on any atom is -0.130 e. The van der Waals surface area contributed by atoms with E-state index in [0.29, 0.717) is 0 Å². The number of hydrogen-bond donors (Lipinski definition) is 0. The summed E-state index contributed by atoms with van der Waals surface area (Å²) < 4.78 is 0. The molecule has 26 valence electrons. The van der Waals surface area contributed by atoms with Gasteiger partial charge in [0.05, 0.1) is 0 Å². The van der Waals surface area contributed by atoms with Crippen LogP contribution < -0.4 is 0 Å². The molecule has 0 fully saturated rings. The Bertz CT molecular complexity index is 27.0. The minimum atomic E-state index is -0.0741. The Kier molecular flexibility index (Phi) is 2.36. The first-order valence-corrected chi connectivity index (χ1v) is 5.25. The average Bonchev–Trinajstić information content (AvgIpc) is 0.811. The highest BCUT2D eigenvalue weighted by molar-refractivity contribution is 7.85. The third-order valence-corrected chi connectivity index (χ3v) is 0. The molecule has 0 unspecified atom stereocenters. The van der Waals surface area contributed by atoms with Crippen molar-refractivity contribution < 1.29 is 0 Å². The molecule has 0 heterocycles. The summed E-state index contributed by atoms with van der Waals surface area (Å²) in [6, 6.07) is 0. The van der Waals surface area contributed by atoms with Crippen molar-refractivity contribution >= 4 is 15.7 Å². The van der Waals surface area contributed by atoms with Crippen LogP contribution in [0.1, 0.15) is 0 Å². The van der Waals surface area contributed by atoms with Gasteiger partial charge in [0, 0.05) is 0 Å². The fraction of sp³-hybridized carbons (Fsp3) is 1.00. The Hall–Kier alpha value is 0.730. The monoisotopic (exact) mass is 94.0 g/mol. The third-order valence-electron chi connectivity index (χ3n) is 0. The predicted octanol–water partition coefficient (Wildman–Crippen LogP) is 1.52. The quantitative estimate of drug-likeness (QED) is 0.399. The van der Waals surface area contributed by atoms with E-state index in [1.54, 1.807) is 0 Å². The highest BCUT2D eigenvalue weighted by Crippen LogP contribution is 2.12. The van der Waals surface area contributed by atoms with Gasteiger partial charge in [-0.25, -0.2) is 0 Å². The molecule has 0 aliphatic rings. The van der Waals surface area contributed by atoms with Crippen molar-refractivity contribution in [3.05, 3.63) is 0 Å². The van der Waals surface area contributed by atoms with E-state index in [2.05, 4.69) is 21.9 Å². The first-order valence-electron chi connectivity index (χ1n) is 1.25. The molecule has 0 spiro atoms. The molecule has 0 saturated heterocycles. The molecule has 0 saturated carbocycles. The standard InChI is InChI=1S/C2H8P2/c1-4(2)3/h3-4H,1-2H3. The van der Waals surface area contributed by atoms with Gasteiger partial charge in [0.2, 0.25) is 0 Å². The van der Waals surface area contributed by atoms with Gasteiger partial charge in [-0.2, -0.15) is 0 Å². The summed E-state index contributed by atoms with van der Waals surface area (Å²) in [6.45, 7) is 4.36. The summed E-state index contributed by atoms with van der Waals surface area (Å²) in [7, 11) is 3.34. The summed E-state index contributed by atoms with van der Waals surface area (Å²) >= 11 is 0. The van der Waals surface area contributed by atoms with Crippen LogP contribution >= 0.6 is 15.7 Å². The Morgan fingerprint density at radius 3 is 1.50 bits per heavy atom. The first-order chi connectivity index (χ1) is 1.73. The van der Waals surface area contributed by atoms with E-state index in [4.69, 9.17) is 0 Å². The first kappa shape index (κ1) is 4.73. The summed E-state index contributed by atoms with van der Waals surface area (Å²) in [5, 5.41) is 0. The number of hydrogen-bond acceptors (Lipinski definition) is 0. The van der Waals surface area contributed by atoms with Crippen LogP contribution in [0.25, 0.3) is 0 Å². The molecule has 0 aliphatic carbocycles. The van der Waals surface area contributed by atoms with E-state index < -0.39 is 0 Å². The number of rotatable bonds is 0. The molecule has 0 aromatic rings. The van der Waals surface area contributed by atoms with Gasteiger partial charge in [-0.05, 0) is 13.3 Å². The zero-order chi connectivity index (χ0) is 3.58. The highest BCUT2D eigenvalue weighted by Gasteiger charge is 1.50. The molecule has 4 heavy (non-hydrogen) atoms. The largest absolute Gasteiger partial charge is 0.130 e. The zero-order valence-corrected chi connectivity index (χ0v) is 5.00. The Morgan fingerprint density at radius 2 is 1.50 bits per heavy atom. The molecule has 2 heteroatoms. The topological polar surface area (TPSA) is 0 Å². The summed E-state index contributed by atoms with van der Waals surface area (Å²) in [6.07, 6.45) is 0. The lowest BCUT2D eigenvalue weighted by molar-refractivity contribution is 2.31. The molecule has 0 N–H and O–H groups in total. The van der Waals surface area contributed by atoms with Gasteiger partial charge >= 0.3 is 0 Å². The van der Waals surface area contributed by atoms with Crippen molar-refractivity contribution in [2.24, 2.45) is 0 Å². The van der Waals surface area contributed by atoms with Gasteiger partial charge < -0.3 is 0 Å². The molecule has 0 aromatic carbocycles. The van der Waals surface area contributed by atoms with Crippen molar-refractivity contribution in [3.63, 3.8) is 0 Å². The second-order valence-corrected chi connectivity index (χ2v) is 6.00. The Labute approximate surface area is 30.0 Å². The highest BCUT2D eigenvalue weighted by atomic mass is 31.7. The van der Waals surface area contributed by atoms with Crippen LogP contribution in [0.2, 0.25) is 0 Å². The third kappa shape index (κ3) is 15.3. The van der Waals surface area contributed by atoms with E-state index in [0.717, 1.165) is 0 Å². The zero-order valence-electron chi connectivity index (χ0n) is 3.00. The maximum atomic E-state index is 3.41.